The van der Waals surface area contributed by atoms with Gasteiger partial charge in [-0.1, -0.05) is 11.6 Å². The molecule has 0 fully saturated rings. The summed E-state index contributed by atoms with van der Waals surface area (Å²) in [5, 5.41) is 0.0726. The minimum Gasteiger partial charge on any atom is -0.443 e. The van der Waals surface area contributed by atoms with Gasteiger partial charge in [-0.2, -0.15) is 0 Å². The Kier molecular flexibility index (Phi) is 3.26. The molecule has 0 amide bonds. The molecule has 0 spiro atoms. The van der Waals surface area contributed by atoms with Crippen molar-refractivity contribution >= 4 is 28.6 Å². The van der Waals surface area contributed by atoms with Crippen molar-refractivity contribution in [3.8, 4) is 0 Å². The molecule has 0 aliphatic carbocycles. The highest BCUT2D eigenvalue weighted by Gasteiger charge is 2.22. The molecule has 0 bridgehead atoms. The molecular weight excluding hydrogens is 271 g/mol. The third kappa shape index (κ3) is 2.56. The number of nitrogens with zero attached hydrogens (tertiary/aromatic N) is 2. The average molecular weight is 285 g/mol. The zero-order valence-electron chi connectivity index (χ0n) is 11.1. The van der Waals surface area contributed by atoms with Crippen LogP contribution in [0.1, 0.15) is 26.3 Å². The maximum absolute atomic E-state index is 13.9. The van der Waals surface area contributed by atoms with Gasteiger partial charge in [-0.15, -0.1) is 0 Å². The zero-order valence-corrected chi connectivity index (χ0v) is 11.9. The molecule has 0 N–H and O–H groups in total. The van der Waals surface area contributed by atoms with Crippen molar-refractivity contribution in [3.63, 3.8) is 0 Å². The lowest BCUT2D eigenvalue weighted by atomic mass is 10.2. The molecule has 19 heavy (non-hydrogen) atoms. The fourth-order valence-electron chi connectivity index (χ4n) is 1.80. The van der Waals surface area contributed by atoms with Crippen molar-refractivity contribution in [2.24, 2.45) is 0 Å². The van der Waals surface area contributed by atoms with Crippen molar-refractivity contribution in [2.75, 3.05) is 0 Å². The molecule has 2 aromatic heterocycles. The Labute approximate surface area is 115 Å². The number of carbonyl (C=O) groups is 1. The number of ether oxygens (including phenoxy) is 1. The number of halogens is 2. The van der Waals surface area contributed by atoms with E-state index in [0.717, 1.165) is 0 Å². The van der Waals surface area contributed by atoms with E-state index in [2.05, 4.69) is 4.98 Å². The summed E-state index contributed by atoms with van der Waals surface area (Å²) >= 11 is 5.64. The van der Waals surface area contributed by atoms with Crippen molar-refractivity contribution < 1.29 is 13.9 Å². The molecule has 4 nitrogen and oxygen atoms in total. The highest BCUT2D eigenvalue weighted by atomic mass is 35.5. The second kappa shape index (κ2) is 4.49. The number of hydrogen-bond acceptors (Lipinski definition) is 3. The monoisotopic (exact) mass is 284 g/mol. The van der Waals surface area contributed by atoms with E-state index < -0.39 is 17.5 Å². The standard InChI is InChI=1S/C13H14ClFN2O2/c1-7-6-17(12(18)19-13(2,3)4)8-5-16-11(14)10(15)9(7)8/h5-6H,1-4H3. The van der Waals surface area contributed by atoms with E-state index in [9.17, 15) is 9.18 Å². The van der Waals surface area contributed by atoms with Crippen LogP contribution >= 0.6 is 11.6 Å². The minimum absolute atomic E-state index is 0.211. The number of aromatic nitrogens is 2. The highest BCUT2D eigenvalue weighted by Crippen LogP contribution is 2.27. The molecule has 6 heteroatoms. The lowest BCUT2D eigenvalue weighted by Gasteiger charge is -2.19. The van der Waals surface area contributed by atoms with E-state index >= 15 is 0 Å². The Morgan fingerprint density at radius 3 is 2.68 bits per heavy atom. The predicted molar refractivity (Wildman–Crippen MR) is 71.1 cm³/mol. The van der Waals surface area contributed by atoms with Crippen LogP contribution in [0.3, 0.4) is 0 Å². The number of rotatable bonds is 0. The van der Waals surface area contributed by atoms with Crippen LogP contribution in [0.15, 0.2) is 12.4 Å². The van der Waals surface area contributed by atoms with Gasteiger partial charge in [0, 0.05) is 11.6 Å². The SMILES string of the molecule is Cc1cn(C(=O)OC(C)(C)C)c2cnc(Cl)c(F)c12. The van der Waals surface area contributed by atoms with E-state index in [0.29, 0.717) is 11.1 Å². The largest absolute Gasteiger partial charge is 0.443 e. The van der Waals surface area contributed by atoms with Gasteiger partial charge < -0.3 is 4.74 Å². The van der Waals surface area contributed by atoms with Gasteiger partial charge in [0.1, 0.15) is 5.60 Å². The van der Waals surface area contributed by atoms with Crippen LogP contribution in [0.4, 0.5) is 9.18 Å². The lowest BCUT2D eigenvalue weighted by Crippen LogP contribution is -2.26. The Hall–Kier alpha value is -1.62. The first-order valence-corrected chi connectivity index (χ1v) is 6.13. The zero-order chi connectivity index (χ0) is 14.4. The Morgan fingerprint density at radius 1 is 1.47 bits per heavy atom. The number of fused-ring (bicyclic) bond motifs is 1. The minimum atomic E-state index is -0.626. The first-order chi connectivity index (χ1) is 8.70. The van der Waals surface area contributed by atoms with Crippen LogP contribution < -0.4 is 0 Å². The average Bonchev–Trinajstić information content (AvgIpc) is 2.59. The molecule has 0 radical (unpaired) electrons. The van der Waals surface area contributed by atoms with Gasteiger partial charge in [-0.25, -0.2) is 14.2 Å². The summed E-state index contributed by atoms with van der Waals surface area (Å²) in [4.78, 5) is 15.8. The molecule has 0 saturated heterocycles. The number of carbonyl (C=O) groups excluding carboxylic acids is 1. The second-order valence-electron chi connectivity index (χ2n) is 5.29. The molecule has 102 valence electrons. The topological polar surface area (TPSA) is 44.1 Å². The quantitative estimate of drug-likeness (QED) is 0.689. The van der Waals surface area contributed by atoms with Gasteiger partial charge in [0.2, 0.25) is 0 Å². The highest BCUT2D eigenvalue weighted by molar-refractivity contribution is 6.30. The normalized spacial score (nSPS) is 11.9. The van der Waals surface area contributed by atoms with E-state index in [1.807, 2.05) is 0 Å². The number of pyridine rings is 1. The van der Waals surface area contributed by atoms with E-state index in [4.69, 9.17) is 16.3 Å². The first-order valence-electron chi connectivity index (χ1n) is 5.75. The van der Waals surface area contributed by atoms with Gasteiger partial charge in [0.15, 0.2) is 11.0 Å². The Morgan fingerprint density at radius 2 is 2.11 bits per heavy atom. The lowest BCUT2D eigenvalue weighted by molar-refractivity contribution is 0.0544. The molecule has 2 rings (SSSR count). The molecule has 0 unspecified atom stereocenters. The molecule has 0 aromatic carbocycles. The molecule has 0 aliphatic heterocycles. The van der Waals surface area contributed by atoms with Crippen LogP contribution in [0.2, 0.25) is 5.15 Å². The summed E-state index contributed by atoms with van der Waals surface area (Å²) in [6, 6.07) is 0. The molecular formula is C13H14ClFN2O2. The summed E-state index contributed by atoms with van der Waals surface area (Å²) in [6.45, 7) is 6.99. The molecule has 2 aromatic rings. The number of hydrogen-bond donors (Lipinski definition) is 0. The van der Waals surface area contributed by atoms with Crippen LogP contribution in [0.25, 0.3) is 10.9 Å². The van der Waals surface area contributed by atoms with Gasteiger partial charge in [0.05, 0.1) is 11.7 Å². The summed E-state index contributed by atoms with van der Waals surface area (Å²) in [5.74, 6) is -0.626. The van der Waals surface area contributed by atoms with Crippen molar-refractivity contribution in [1.29, 1.82) is 0 Å². The van der Waals surface area contributed by atoms with Crippen LogP contribution in [0, 0.1) is 12.7 Å². The molecule has 0 atom stereocenters. The van der Waals surface area contributed by atoms with Crippen LogP contribution in [-0.4, -0.2) is 21.2 Å². The number of aryl methyl sites for hydroxylation is 1. The van der Waals surface area contributed by atoms with E-state index in [1.54, 1.807) is 27.7 Å². The molecule has 2 heterocycles. The molecule has 0 aliphatic rings. The van der Waals surface area contributed by atoms with Crippen molar-refractivity contribution in [2.45, 2.75) is 33.3 Å². The maximum Gasteiger partial charge on any atom is 0.419 e. The van der Waals surface area contributed by atoms with Crippen LogP contribution in [0.5, 0.6) is 0 Å². The summed E-state index contributed by atoms with van der Waals surface area (Å²) in [6.07, 6.45) is 2.30. The fraction of sp³-hybridized carbons (Fsp3) is 0.385. The van der Waals surface area contributed by atoms with Crippen molar-refractivity contribution in [1.82, 2.24) is 9.55 Å². The second-order valence-corrected chi connectivity index (χ2v) is 5.64. The van der Waals surface area contributed by atoms with Gasteiger partial charge in [-0.3, -0.25) is 4.57 Å². The molecule has 0 saturated carbocycles. The van der Waals surface area contributed by atoms with E-state index in [1.165, 1.54) is 17.0 Å². The summed E-state index contributed by atoms with van der Waals surface area (Å²) in [7, 11) is 0. The van der Waals surface area contributed by atoms with Gasteiger partial charge in [0.25, 0.3) is 0 Å². The predicted octanol–water partition coefficient (Wildman–Crippen LogP) is 3.92. The van der Waals surface area contributed by atoms with Crippen LogP contribution in [-0.2, 0) is 4.74 Å². The fourth-order valence-corrected chi connectivity index (χ4v) is 1.95. The Balaban J connectivity index is 2.58. The smallest absolute Gasteiger partial charge is 0.419 e. The van der Waals surface area contributed by atoms with Crippen molar-refractivity contribution in [3.05, 3.63) is 28.9 Å². The summed E-state index contributed by atoms with van der Waals surface area (Å²) in [5.41, 5.74) is 0.316. The Bertz CT molecular complexity index is 659. The van der Waals surface area contributed by atoms with Gasteiger partial charge >= 0.3 is 6.09 Å². The third-order valence-corrected chi connectivity index (χ3v) is 2.79. The van der Waals surface area contributed by atoms with Gasteiger partial charge in [-0.05, 0) is 33.3 Å². The third-order valence-electron chi connectivity index (χ3n) is 2.52. The summed E-state index contributed by atoms with van der Waals surface area (Å²) < 4.78 is 20.4. The maximum atomic E-state index is 13.9. The van der Waals surface area contributed by atoms with E-state index in [-0.39, 0.29) is 10.5 Å². The first kappa shape index (κ1) is 13.8.